The van der Waals surface area contributed by atoms with Gasteiger partial charge in [0.05, 0.1) is 0 Å². The lowest BCUT2D eigenvalue weighted by atomic mass is 10.0. The molecule has 7 heteroatoms. The maximum Gasteiger partial charge on any atom is 0.573 e. The van der Waals surface area contributed by atoms with Crippen LogP contribution < -0.4 is 10.5 Å². The normalized spacial score (nSPS) is 11.8. The molecule has 0 aliphatic heterocycles. The minimum absolute atomic E-state index is 0.294. The SMILES string of the molecule is Nc1ccc2ocnc2c1-c1ccc(OC(F)(F)F)cc1. The van der Waals surface area contributed by atoms with E-state index in [1.807, 2.05) is 0 Å². The average Bonchev–Trinajstić information content (AvgIpc) is 2.86. The zero-order valence-corrected chi connectivity index (χ0v) is 10.5. The monoisotopic (exact) mass is 294 g/mol. The number of anilines is 1. The van der Waals surface area contributed by atoms with Crippen molar-refractivity contribution in [2.24, 2.45) is 0 Å². The molecule has 3 rings (SSSR count). The molecule has 0 atom stereocenters. The topological polar surface area (TPSA) is 61.3 Å². The molecule has 1 aromatic heterocycles. The van der Waals surface area contributed by atoms with E-state index >= 15 is 0 Å². The van der Waals surface area contributed by atoms with Gasteiger partial charge >= 0.3 is 6.36 Å². The Bertz CT molecular complexity index is 779. The zero-order chi connectivity index (χ0) is 15.0. The average molecular weight is 294 g/mol. The van der Waals surface area contributed by atoms with Gasteiger partial charge in [-0.15, -0.1) is 13.2 Å². The van der Waals surface area contributed by atoms with Crippen molar-refractivity contribution in [1.82, 2.24) is 4.98 Å². The van der Waals surface area contributed by atoms with Gasteiger partial charge in [-0.25, -0.2) is 4.98 Å². The van der Waals surface area contributed by atoms with Crippen LogP contribution >= 0.6 is 0 Å². The lowest BCUT2D eigenvalue weighted by molar-refractivity contribution is -0.274. The van der Waals surface area contributed by atoms with Gasteiger partial charge in [0, 0.05) is 11.3 Å². The molecular weight excluding hydrogens is 285 g/mol. The number of rotatable bonds is 2. The highest BCUT2D eigenvalue weighted by atomic mass is 19.4. The van der Waals surface area contributed by atoms with E-state index in [-0.39, 0.29) is 5.75 Å². The highest BCUT2D eigenvalue weighted by Gasteiger charge is 2.31. The predicted octanol–water partition coefficient (Wildman–Crippen LogP) is 3.98. The van der Waals surface area contributed by atoms with Crippen LogP contribution in [0.25, 0.3) is 22.2 Å². The fraction of sp³-hybridized carbons (Fsp3) is 0.0714. The molecule has 1 heterocycles. The highest BCUT2D eigenvalue weighted by molar-refractivity contribution is 5.97. The molecule has 2 N–H and O–H groups in total. The summed E-state index contributed by atoms with van der Waals surface area (Å²) >= 11 is 0. The second-order valence-corrected chi connectivity index (χ2v) is 4.30. The molecule has 0 amide bonds. The number of halogens is 3. The summed E-state index contributed by atoms with van der Waals surface area (Å²) < 4.78 is 45.4. The van der Waals surface area contributed by atoms with Crippen LogP contribution in [0.4, 0.5) is 18.9 Å². The summed E-state index contributed by atoms with van der Waals surface area (Å²) in [5.74, 6) is -0.294. The molecule has 3 aromatic rings. The van der Waals surface area contributed by atoms with E-state index in [0.29, 0.717) is 27.9 Å². The maximum atomic E-state index is 12.1. The van der Waals surface area contributed by atoms with Crippen molar-refractivity contribution >= 4 is 16.8 Å². The second-order valence-electron chi connectivity index (χ2n) is 4.30. The number of nitrogens with two attached hydrogens (primary N) is 1. The quantitative estimate of drug-likeness (QED) is 0.726. The number of alkyl halides is 3. The van der Waals surface area contributed by atoms with Crippen LogP contribution in [0.15, 0.2) is 47.2 Å². The molecule has 0 bridgehead atoms. The molecule has 0 aliphatic rings. The summed E-state index contributed by atoms with van der Waals surface area (Å²) in [6.07, 6.45) is -3.43. The largest absolute Gasteiger partial charge is 0.573 e. The van der Waals surface area contributed by atoms with Crippen molar-refractivity contribution in [1.29, 1.82) is 0 Å². The third kappa shape index (κ3) is 2.62. The van der Waals surface area contributed by atoms with Gasteiger partial charge in [0.25, 0.3) is 0 Å². The van der Waals surface area contributed by atoms with E-state index in [1.54, 1.807) is 12.1 Å². The molecule has 4 nitrogen and oxygen atoms in total. The van der Waals surface area contributed by atoms with E-state index in [2.05, 4.69) is 9.72 Å². The fourth-order valence-electron chi connectivity index (χ4n) is 2.07. The summed E-state index contributed by atoms with van der Waals surface area (Å²) in [4.78, 5) is 4.08. The van der Waals surface area contributed by atoms with Gasteiger partial charge in [-0.05, 0) is 29.8 Å². The number of fused-ring (bicyclic) bond motifs is 1. The van der Waals surface area contributed by atoms with Gasteiger partial charge in [-0.1, -0.05) is 12.1 Å². The first-order chi connectivity index (χ1) is 9.94. The second kappa shape index (κ2) is 4.69. The Morgan fingerprint density at radius 2 is 1.76 bits per heavy atom. The van der Waals surface area contributed by atoms with Crippen LogP contribution in [0.2, 0.25) is 0 Å². The third-order valence-electron chi connectivity index (χ3n) is 2.91. The van der Waals surface area contributed by atoms with Crippen molar-refractivity contribution in [2.45, 2.75) is 6.36 Å². The number of nitrogen functional groups attached to an aromatic ring is 1. The minimum atomic E-state index is -4.72. The maximum absolute atomic E-state index is 12.1. The molecule has 0 saturated carbocycles. The van der Waals surface area contributed by atoms with Gasteiger partial charge in [-0.2, -0.15) is 0 Å². The first-order valence-electron chi connectivity index (χ1n) is 5.92. The molecule has 0 fully saturated rings. The predicted molar refractivity (Wildman–Crippen MR) is 70.5 cm³/mol. The van der Waals surface area contributed by atoms with E-state index in [1.165, 1.54) is 30.7 Å². The van der Waals surface area contributed by atoms with Crippen LogP contribution in [-0.2, 0) is 0 Å². The Morgan fingerprint density at radius 1 is 1.05 bits per heavy atom. The summed E-state index contributed by atoms with van der Waals surface area (Å²) in [5.41, 5.74) is 8.73. The molecule has 0 radical (unpaired) electrons. The Kier molecular flexibility index (Phi) is 2.97. The number of hydrogen-bond acceptors (Lipinski definition) is 4. The van der Waals surface area contributed by atoms with Crippen molar-refractivity contribution in [2.75, 3.05) is 5.73 Å². The minimum Gasteiger partial charge on any atom is -0.443 e. The van der Waals surface area contributed by atoms with Gasteiger partial charge in [0.2, 0.25) is 0 Å². The number of benzene rings is 2. The van der Waals surface area contributed by atoms with E-state index in [4.69, 9.17) is 10.2 Å². The van der Waals surface area contributed by atoms with E-state index in [0.717, 1.165) is 0 Å². The Labute approximate surface area is 116 Å². The van der Waals surface area contributed by atoms with Crippen molar-refractivity contribution in [3.8, 4) is 16.9 Å². The van der Waals surface area contributed by atoms with E-state index < -0.39 is 6.36 Å². The number of hydrogen-bond donors (Lipinski definition) is 1. The van der Waals surface area contributed by atoms with Crippen LogP contribution in [0.1, 0.15) is 0 Å². The Morgan fingerprint density at radius 3 is 2.43 bits per heavy atom. The highest BCUT2D eigenvalue weighted by Crippen LogP contribution is 2.34. The summed E-state index contributed by atoms with van der Waals surface area (Å²) in [6, 6.07) is 8.76. The van der Waals surface area contributed by atoms with Gasteiger partial charge in [-0.3, -0.25) is 0 Å². The van der Waals surface area contributed by atoms with Crippen molar-refractivity contribution in [3.63, 3.8) is 0 Å². The molecule has 0 aliphatic carbocycles. The van der Waals surface area contributed by atoms with Crippen molar-refractivity contribution < 1.29 is 22.3 Å². The van der Waals surface area contributed by atoms with Crippen LogP contribution in [0, 0.1) is 0 Å². The molecule has 2 aromatic carbocycles. The number of ether oxygens (including phenoxy) is 1. The first kappa shape index (κ1) is 13.3. The molecule has 108 valence electrons. The summed E-state index contributed by atoms with van der Waals surface area (Å²) in [5, 5.41) is 0. The molecule has 0 unspecified atom stereocenters. The Hall–Kier alpha value is -2.70. The smallest absolute Gasteiger partial charge is 0.443 e. The lowest BCUT2D eigenvalue weighted by Crippen LogP contribution is -2.16. The zero-order valence-electron chi connectivity index (χ0n) is 10.5. The molecular formula is C14H9F3N2O2. The Balaban J connectivity index is 2.03. The van der Waals surface area contributed by atoms with Crippen molar-refractivity contribution in [3.05, 3.63) is 42.8 Å². The number of aromatic nitrogens is 1. The van der Waals surface area contributed by atoms with Gasteiger partial charge in [0.15, 0.2) is 12.0 Å². The fourth-order valence-corrected chi connectivity index (χ4v) is 2.07. The van der Waals surface area contributed by atoms with Gasteiger partial charge in [0.1, 0.15) is 11.3 Å². The lowest BCUT2D eigenvalue weighted by Gasteiger charge is -2.10. The molecule has 0 spiro atoms. The first-order valence-corrected chi connectivity index (χ1v) is 5.92. The molecule has 21 heavy (non-hydrogen) atoms. The standard InChI is InChI=1S/C14H9F3N2O2/c15-14(16,17)21-9-3-1-8(2-4-9)12-10(18)5-6-11-13(12)19-7-20-11/h1-7H,18H2. The van der Waals surface area contributed by atoms with Crippen LogP contribution in [-0.4, -0.2) is 11.3 Å². The number of nitrogens with zero attached hydrogens (tertiary/aromatic N) is 1. The summed E-state index contributed by atoms with van der Waals surface area (Å²) in [6.45, 7) is 0. The number of oxazole rings is 1. The van der Waals surface area contributed by atoms with E-state index in [9.17, 15) is 13.2 Å². The van der Waals surface area contributed by atoms with Crippen LogP contribution in [0.5, 0.6) is 5.75 Å². The third-order valence-corrected chi connectivity index (χ3v) is 2.91. The van der Waals surface area contributed by atoms with Crippen LogP contribution in [0.3, 0.4) is 0 Å². The van der Waals surface area contributed by atoms with Gasteiger partial charge < -0.3 is 14.9 Å². The molecule has 0 saturated heterocycles. The summed E-state index contributed by atoms with van der Waals surface area (Å²) in [7, 11) is 0.